The van der Waals surface area contributed by atoms with E-state index in [0.29, 0.717) is 5.82 Å². The van der Waals surface area contributed by atoms with E-state index < -0.39 is 4.92 Å². The number of hydrogen-bond donors (Lipinski definition) is 1. The maximum atomic E-state index is 10.9. The normalized spacial score (nSPS) is 18.7. The number of piperazine rings is 1. The van der Waals surface area contributed by atoms with Crippen LogP contribution in [0.2, 0.25) is 0 Å². The van der Waals surface area contributed by atoms with Gasteiger partial charge in [-0.25, -0.2) is 0 Å². The van der Waals surface area contributed by atoms with Crippen molar-refractivity contribution in [1.29, 1.82) is 0 Å². The molecule has 1 aromatic carbocycles. The molecule has 1 aliphatic rings. The van der Waals surface area contributed by atoms with E-state index in [0.717, 1.165) is 19.6 Å². The first-order chi connectivity index (χ1) is 11.1. The first-order valence-electron chi connectivity index (χ1n) is 7.25. The van der Waals surface area contributed by atoms with Crippen LogP contribution in [0.15, 0.2) is 28.8 Å². The largest absolute Gasteiger partial charge is 0.477 e. The van der Waals surface area contributed by atoms with E-state index in [2.05, 4.69) is 20.4 Å². The van der Waals surface area contributed by atoms with Gasteiger partial charge in [0.15, 0.2) is 18.2 Å². The van der Waals surface area contributed by atoms with Gasteiger partial charge in [-0.3, -0.25) is 15.0 Å². The van der Waals surface area contributed by atoms with Crippen molar-refractivity contribution >= 4 is 5.69 Å². The Morgan fingerprint density at radius 2 is 2.35 bits per heavy atom. The molecule has 9 nitrogen and oxygen atoms in total. The van der Waals surface area contributed by atoms with Gasteiger partial charge in [0, 0.05) is 25.7 Å². The molecule has 0 aliphatic carbocycles. The summed E-state index contributed by atoms with van der Waals surface area (Å²) in [5.74, 6) is 1.05. The van der Waals surface area contributed by atoms with Gasteiger partial charge in [0.05, 0.1) is 11.0 Å². The number of likely N-dealkylation sites (N-methyl/N-ethyl adjacent to an activating group) is 1. The third-order valence-corrected chi connectivity index (χ3v) is 3.71. The fourth-order valence-corrected chi connectivity index (χ4v) is 2.43. The van der Waals surface area contributed by atoms with Crippen LogP contribution < -0.4 is 10.1 Å². The Kier molecular flexibility index (Phi) is 4.49. The fourth-order valence-electron chi connectivity index (χ4n) is 2.43. The molecule has 1 atom stereocenters. The number of benzene rings is 1. The van der Waals surface area contributed by atoms with Gasteiger partial charge in [0.2, 0.25) is 0 Å². The van der Waals surface area contributed by atoms with Gasteiger partial charge in [0.1, 0.15) is 0 Å². The van der Waals surface area contributed by atoms with E-state index in [9.17, 15) is 10.1 Å². The lowest BCUT2D eigenvalue weighted by atomic mass is 10.2. The zero-order valence-corrected chi connectivity index (χ0v) is 12.6. The molecular formula is C14H17N5O4. The molecule has 0 radical (unpaired) electrons. The third kappa shape index (κ3) is 3.46. The van der Waals surface area contributed by atoms with Crippen molar-refractivity contribution in [2.45, 2.75) is 12.6 Å². The Balaban J connectivity index is 1.67. The molecule has 0 amide bonds. The molecule has 0 spiro atoms. The number of nitrogens with zero attached hydrogens (tertiary/aromatic N) is 4. The predicted octanol–water partition coefficient (Wildman–Crippen LogP) is 1.13. The lowest BCUT2D eigenvalue weighted by Crippen LogP contribution is -2.44. The van der Waals surface area contributed by atoms with Crippen LogP contribution in [0.5, 0.6) is 5.75 Å². The molecule has 2 heterocycles. The summed E-state index contributed by atoms with van der Waals surface area (Å²) in [7, 11) is 2.01. The Bertz CT molecular complexity index is 689. The van der Waals surface area contributed by atoms with Gasteiger partial charge < -0.3 is 14.6 Å². The van der Waals surface area contributed by atoms with Crippen molar-refractivity contribution in [2.75, 3.05) is 26.7 Å². The molecule has 1 unspecified atom stereocenters. The number of nitrogens with one attached hydrogen (secondary N) is 1. The molecule has 1 aliphatic heterocycles. The van der Waals surface area contributed by atoms with E-state index in [-0.39, 0.29) is 30.0 Å². The Hall–Kier alpha value is -2.52. The smallest absolute Gasteiger partial charge is 0.310 e. The van der Waals surface area contributed by atoms with E-state index in [1.807, 2.05) is 7.05 Å². The minimum Gasteiger partial charge on any atom is -0.477 e. The molecule has 3 rings (SSSR count). The molecule has 1 N–H and O–H groups in total. The summed E-state index contributed by atoms with van der Waals surface area (Å²) in [6.07, 6.45) is 0. The first kappa shape index (κ1) is 15.4. The molecule has 1 aromatic heterocycles. The summed E-state index contributed by atoms with van der Waals surface area (Å²) in [6.45, 7) is 2.57. The average Bonchev–Trinajstić information content (AvgIpc) is 3.02. The summed E-state index contributed by atoms with van der Waals surface area (Å²) in [5, 5.41) is 18.2. The Morgan fingerprint density at radius 3 is 3.13 bits per heavy atom. The van der Waals surface area contributed by atoms with Gasteiger partial charge >= 0.3 is 5.69 Å². The van der Waals surface area contributed by atoms with Gasteiger partial charge in [-0.05, 0) is 13.1 Å². The fraction of sp³-hybridized carbons (Fsp3) is 0.429. The van der Waals surface area contributed by atoms with E-state index in [1.165, 1.54) is 12.1 Å². The highest BCUT2D eigenvalue weighted by molar-refractivity contribution is 5.45. The second kappa shape index (κ2) is 6.71. The summed E-state index contributed by atoms with van der Waals surface area (Å²) >= 11 is 0. The minimum atomic E-state index is -0.489. The van der Waals surface area contributed by atoms with Crippen LogP contribution >= 0.6 is 0 Å². The van der Waals surface area contributed by atoms with Crippen molar-refractivity contribution in [3.05, 3.63) is 46.1 Å². The lowest BCUT2D eigenvalue weighted by Gasteiger charge is -2.30. The van der Waals surface area contributed by atoms with Crippen LogP contribution in [0, 0.1) is 10.1 Å². The number of para-hydroxylation sites is 2. The molecule has 1 fully saturated rings. The molecular weight excluding hydrogens is 302 g/mol. The topological polar surface area (TPSA) is 107 Å². The van der Waals surface area contributed by atoms with Crippen LogP contribution in [0.4, 0.5) is 5.69 Å². The van der Waals surface area contributed by atoms with Crippen LogP contribution in [0.1, 0.15) is 17.8 Å². The SMILES string of the molecule is CN1CCNCC1c1noc(COc2ccccc2[N+](=O)[O-])n1. The highest BCUT2D eigenvalue weighted by atomic mass is 16.6. The Labute approximate surface area is 132 Å². The van der Waals surface area contributed by atoms with Crippen LogP contribution in [0.3, 0.4) is 0 Å². The van der Waals surface area contributed by atoms with E-state index in [4.69, 9.17) is 9.26 Å². The van der Waals surface area contributed by atoms with Gasteiger partial charge in [-0.1, -0.05) is 17.3 Å². The van der Waals surface area contributed by atoms with Crippen molar-refractivity contribution in [3.8, 4) is 5.75 Å². The molecule has 0 bridgehead atoms. The summed E-state index contributed by atoms with van der Waals surface area (Å²) in [4.78, 5) is 16.9. The minimum absolute atomic E-state index is 0.0122. The summed E-state index contributed by atoms with van der Waals surface area (Å²) < 4.78 is 10.6. The van der Waals surface area contributed by atoms with E-state index in [1.54, 1.807) is 12.1 Å². The number of nitro benzene ring substituents is 1. The van der Waals surface area contributed by atoms with Gasteiger partial charge in [0.25, 0.3) is 5.89 Å². The molecule has 23 heavy (non-hydrogen) atoms. The highest BCUT2D eigenvalue weighted by Crippen LogP contribution is 2.26. The van der Waals surface area contributed by atoms with E-state index >= 15 is 0 Å². The number of hydrogen-bond acceptors (Lipinski definition) is 8. The highest BCUT2D eigenvalue weighted by Gasteiger charge is 2.25. The van der Waals surface area contributed by atoms with Crippen LogP contribution in [-0.4, -0.2) is 46.6 Å². The van der Waals surface area contributed by atoms with Crippen molar-refractivity contribution in [3.63, 3.8) is 0 Å². The second-order valence-electron chi connectivity index (χ2n) is 5.26. The molecule has 1 saturated heterocycles. The standard InChI is InChI=1S/C14H17N5O4/c1-18-7-6-15-8-11(18)14-16-13(23-17-14)9-22-12-5-3-2-4-10(12)19(20)21/h2-5,11,15H,6-9H2,1H3. The summed E-state index contributed by atoms with van der Waals surface area (Å²) in [5.41, 5.74) is -0.0940. The zero-order valence-electron chi connectivity index (χ0n) is 12.6. The van der Waals surface area contributed by atoms with Gasteiger partial charge in [-0.2, -0.15) is 4.98 Å². The molecule has 2 aromatic rings. The van der Waals surface area contributed by atoms with Crippen molar-refractivity contribution < 1.29 is 14.2 Å². The number of ether oxygens (including phenoxy) is 1. The second-order valence-corrected chi connectivity index (χ2v) is 5.26. The van der Waals surface area contributed by atoms with Crippen LogP contribution in [0.25, 0.3) is 0 Å². The number of aromatic nitrogens is 2. The maximum Gasteiger partial charge on any atom is 0.310 e. The van der Waals surface area contributed by atoms with Crippen molar-refractivity contribution in [2.24, 2.45) is 0 Å². The molecule has 122 valence electrons. The van der Waals surface area contributed by atoms with Crippen molar-refractivity contribution in [1.82, 2.24) is 20.4 Å². The zero-order chi connectivity index (χ0) is 16.2. The summed E-state index contributed by atoms with van der Waals surface area (Å²) in [6, 6.07) is 6.23. The first-order valence-corrected chi connectivity index (χ1v) is 7.25. The quantitative estimate of drug-likeness (QED) is 0.645. The maximum absolute atomic E-state index is 10.9. The monoisotopic (exact) mass is 319 g/mol. The number of nitro groups is 1. The predicted molar refractivity (Wildman–Crippen MR) is 80.0 cm³/mol. The third-order valence-electron chi connectivity index (χ3n) is 3.71. The molecule has 0 saturated carbocycles. The van der Waals surface area contributed by atoms with Crippen LogP contribution in [-0.2, 0) is 6.61 Å². The Morgan fingerprint density at radius 1 is 1.52 bits per heavy atom. The number of rotatable bonds is 5. The lowest BCUT2D eigenvalue weighted by molar-refractivity contribution is -0.386. The molecule has 9 heteroatoms. The van der Waals surface area contributed by atoms with Gasteiger partial charge in [-0.15, -0.1) is 0 Å². The average molecular weight is 319 g/mol.